The standard InChI is InChI=1S/C35H21N3O/c1-3-7-24-17-26(11-9-22(24)5-1)27-13-15-30-31-16-14-29(20-33(31)39-32(30)19-27)35-37-21-36-34(38-35)28-12-10-23-6-2-4-8-25(23)18-28/h1-21H. The predicted octanol–water partition coefficient (Wildman–Crippen LogP) is 9.08. The monoisotopic (exact) mass is 499 g/mol. The van der Waals surface area contributed by atoms with Crippen molar-refractivity contribution >= 4 is 43.5 Å². The van der Waals surface area contributed by atoms with E-state index in [-0.39, 0.29) is 0 Å². The molecule has 0 atom stereocenters. The zero-order valence-corrected chi connectivity index (χ0v) is 20.9. The first kappa shape index (κ1) is 21.7. The normalized spacial score (nSPS) is 11.6. The summed E-state index contributed by atoms with van der Waals surface area (Å²) in [6.45, 7) is 0. The molecule has 0 N–H and O–H groups in total. The second-order valence-corrected chi connectivity index (χ2v) is 9.78. The molecule has 4 nitrogen and oxygen atoms in total. The average Bonchev–Trinajstić information content (AvgIpc) is 3.38. The number of aromatic nitrogens is 3. The van der Waals surface area contributed by atoms with Gasteiger partial charge in [0.25, 0.3) is 0 Å². The van der Waals surface area contributed by atoms with E-state index in [4.69, 9.17) is 9.40 Å². The Morgan fingerprint density at radius 3 is 1.54 bits per heavy atom. The molecule has 0 bridgehead atoms. The topological polar surface area (TPSA) is 51.8 Å². The van der Waals surface area contributed by atoms with Crippen LogP contribution in [0.3, 0.4) is 0 Å². The highest BCUT2D eigenvalue weighted by Gasteiger charge is 2.13. The van der Waals surface area contributed by atoms with Gasteiger partial charge in [0.15, 0.2) is 11.6 Å². The summed E-state index contributed by atoms with van der Waals surface area (Å²) in [5.41, 5.74) is 5.82. The summed E-state index contributed by atoms with van der Waals surface area (Å²) in [6, 6.07) is 42.1. The van der Waals surface area contributed by atoms with Crippen LogP contribution in [-0.4, -0.2) is 15.0 Å². The first-order chi connectivity index (χ1) is 19.3. The molecule has 8 rings (SSSR count). The van der Waals surface area contributed by atoms with Crippen molar-refractivity contribution in [3.63, 3.8) is 0 Å². The number of hydrogen-bond acceptors (Lipinski definition) is 4. The molecular weight excluding hydrogens is 478 g/mol. The predicted molar refractivity (Wildman–Crippen MR) is 158 cm³/mol. The number of rotatable bonds is 3. The molecule has 0 aliphatic heterocycles. The van der Waals surface area contributed by atoms with Gasteiger partial charge in [0.2, 0.25) is 0 Å². The Kier molecular flexibility index (Phi) is 4.79. The van der Waals surface area contributed by atoms with Gasteiger partial charge in [-0.15, -0.1) is 0 Å². The lowest BCUT2D eigenvalue weighted by Crippen LogP contribution is -1.95. The molecule has 4 heteroatoms. The number of fused-ring (bicyclic) bond motifs is 5. The lowest BCUT2D eigenvalue weighted by Gasteiger charge is -2.05. The van der Waals surface area contributed by atoms with Crippen molar-refractivity contribution in [3.05, 3.63) is 128 Å². The highest BCUT2D eigenvalue weighted by molar-refractivity contribution is 6.07. The quantitative estimate of drug-likeness (QED) is 0.243. The van der Waals surface area contributed by atoms with Gasteiger partial charge in [0.05, 0.1) is 0 Å². The fourth-order valence-corrected chi connectivity index (χ4v) is 5.37. The molecule has 0 saturated carbocycles. The van der Waals surface area contributed by atoms with Crippen molar-refractivity contribution < 1.29 is 4.42 Å². The smallest absolute Gasteiger partial charge is 0.163 e. The van der Waals surface area contributed by atoms with E-state index in [2.05, 4.69) is 107 Å². The molecule has 0 aliphatic rings. The Morgan fingerprint density at radius 2 is 0.872 bits per heavy atom. The largest absolute Gasteiger partial charge is 0.456 e. The van der Waals surface area contributed by atoms with Crippen LogP contribution in [0, 0.1) is 0 Å². The summed E-state index contributed by atoms with van der Waals surface area (Å²) in [5, 5.41) is 6.97. The third-order valence-corrected chi connectivity index (χ3v) is 7.39. The van der Waals surface area contributed by atoms with Crippen LogP contribution in [0.2, 0.25) is 0 Å². The van der Waals surface area contributed by atoms with Gasteiger partial charge in [-0.25, -0.2) is 15.0 Å². The first-order valence-corrected chi connectivity index (χ1v) is 12.9. The van der Waals surface area contributed by atoms with Gasteiger partial charge in [-0.3, -0.25) is 0 Å². The van der Waals surface area contributed by atoms with Crippen LogP contribution in [0.5, 0.6) is 0 Å². The van der Waals surface area contributed by atoms with Gasteiger partial charge in [0.1, 0.15) is 17.5 Å². The number of furan rings is 1. The van der Waals surface area contributed by atoms with Crippen LogP contribution in [0.15, 0.2) is 132 Å². The molecule has 0 amide bonds. The fraction of sp³-hybridized carbons (Fsp3) is 0. The molecule has 39 heavy (non-hydrogen) atoms. The Balaban J connectivity index is 1.18. The molecule has 0 fully saturated rings. The maximum absolute atomic E-state index is 6.36. The van der Waals surface area contributed by atoms with E-state index >= 15 is 0 Å². The zero-order chi connectivity index (χ0) is 25.8. The lowest BCUT2D eigenvalue weighted by molar-refractivity contribution is 0.669. The second-order valence-electron chi connectivity index (χ2n) is 9.78. The molecule has 8 aromatic rings. The summed E-state index contributed by atoms with van der Waals surface area (Å²) in [7, 11) is 0. The molecular formula is C35H21N3O. The highest BCUT2D eigenvalue weighted by atomic mass is 16.3. The summed E-state index contributed by atoms with van der Waals surface area (Å²) >= 11 is 0. The van der Waals surface area contributed by atoms with Crippen LogP contribution in [0.25, 0.3) is 77.4 Å². The van der Waals surface area contributed by atoms with Crippen molar-refractivity contribution in [3.8, 4) is 33.9 Å². The molecule has 2 heterocycles. The van der Waals surface area contributed by atoms with E-state index in [1.54, 1.807) is 6.33 Å². The van der Waals surface area contributed by atoms with Crippen LogP contribution >= 0.6 is 0 Å². The minimum Gasteiger partial charge on any atom is -0.456 e. The molecule has 0 spiro atoms. The summed E-state index contributed by atoms with van der Waals surface area (Å²) in [5.74, 6) is 1.27. The second kappa shape index (κ2) is 8.61. The third kappa shape index (κ3) is 3.73. The average molecular weight is 500 g/mol. The van der Waals surface area contributed by atoms with Crippen LogP contribution in [-0.2, 0) is 0 Å². The van der Waals surface area contributed by atoms with Crippen molar-refractivity contribution in [1.29, 1.82) is 0 Å². The van der Waals surface area contributed by atoms with E-state index in [0.29, 0.717) is 11.6 Å². The van der Waals surface area contributed by atoms with Crippen molar-refractivity contribution in [2.24, 2.45) is 0 Å². The third-order valence-electron chi connectivity index (χ3n) is 7.39. The van der Waals surface area contributed by atoms with Crippen molar-refractivity contribution in [2.45, 2.75) is 0 Å². The van der Waals surface area contributed by atoms with Crippen molar-refractivity contribution in [1.82, 2.24) is 15.0 Å². The Labute approximate surface area is 224 Å². The molecule has 2 aromatic heterocycles. The van der Waals surface area contributed by atoms with Gasteiger partial charge in [-0.2, -0.15) is 0 Å². The van der Waals surface area contributed by atoms with Gasteiger partial charge in [-0.05, 0) is 69.1 Å². The van der Waals surface area contributed by atoms with Gasteiger partial charge in [-0.1, -0.05) is 84.9 Å². The molecule has 0 saturated heterocycles. The van der Waals surface area contributed by atoms with Gasteiger partial charge >= 0.3 is 0 Å². The summed E-state index contributed by atoms with van der Waals surface area (Å²) < 4.78 is 6.36. The summed E-state index contributed by atoms with van der Waals surface area (Å²) in [4.78, 5) is 13.7. The minimum atomic E-state index is 0.618. The minimum absolute atomic E-state index is 0.618. The van der Waals surface area contributed by atoms with E-state index in [0.717, 1.165) is 44.0 Å². The van der Waals surface area contributed by atoms with E-state index < -0.39 is 0 Å². The van der Waals surface area contributed by atoms with Crippen LogP contribution in [0.4, 0.5) is 0 Å². The number of benzene rings is 6. The fourth-order valence-electron chi connectivity index (χ4n) is 5.37. The maximum atomic E-state index is 6.36. The molecule has 0 unspecified atom stereocenters. The molecule has 182 valence electrons. The number of hydrogen-bond donors (Lipinski definition) is 0. The highest BCUT2D eigenvalue weighted by Crippen LogP contribution is 2.35. The van der Waals surface area contributed by atoms with E-state index in [1.807, 2.05) is 24.3 Å². The van der Waals surface area contributed by atoms with Crippen LogP contribution < -0.4 is 0 Å². The van der Waals surface area contributed by atoms with E-state index in [1.165, 1.54) is 21.7 Å². The molecule has 0 aliphatic carbocycles. The zero-order valence-electron chi connectivity index (χ0n) is 20.9. The van der Waals surface area contributed by atoms with Crippen LogP contribution in [0.1, 0.15) is 0 Å². The maximum Gasteiger partial charge on any atom is 0.163 e. The van der Waals surface area contributed by atoms with Gasteiger partial charge < -0.3 is 4.42 Å². The Hall–Kier alpha value is -5.35. The SMILES string of the molecule is c1ccc2cc(-c3ccc4c(c3)oc3cc(-c5ncnc(-c6ccc7ccccc7c6)n5)ccc34)ccc2c1. The number of nitrogens with zero attached hydrogens (tertiary/aromatic N) is 3. The summed E-state index contributed by atoms with van der Waals surface area (Å²) in [6.07, 6.45) is 1.57. The molecule has 6 aromatic carbocycles. The van der Waals surface area contributed by atoms with Crippen molar-refractivity contribution in [2.75, 3.05) is 0 Å². The van der Waals surface area contributed by atoms with Gasteiger partial charge in [0, 0.05) is 21.9 Å². The Bertz CT molecular complexity index is 2200. The molecule has 0 radical (unpaired) electrons. The lowest BCUT2D eigenvalue weighted by atomic mass is 10.00. The Morgan fingerprint density at radius 1 is 0.410 bits per heavy atom. The first-order valence-electron chi connectivity index (χ1n) is 12.9. The van der Waals surface area contributed by atoms with E-state index in [9.17, 15) is 0 Å².